The van der Waals surface area contributed by atoms with Gasteiger partial charge in [-0.25, -0.2) is 0 Å². The van der Waals surface area contributed by atoms with Crippen molar-refractivity contribution < 1.29 is 19.8 Å². The third kappa shape index (κ3) is 5.60. The zero-order valence-corrected chi connectivity index (χ0v) is 16.6. The third-order valence-electron chi connectivity index (χ3n) is 4.66. The van der Waals surface area contributed by atoms with Crippen molar-refractivity contribution in [3.05, 3.63) is 70.3 Å². The lowest BCUT2D eigenvalue weighted by molar-refractivity contribution is -0.0760. The van der Waals surface area contributed by atoms with Crippen LogP contribution in [0.2, 0.25) is 0 Å². The molecule has 0 fully saturated rings. The molecule has 5 heteroatoms. The molecule has 0 saturated heterocycles. The van der Waals surface area contributed by atoms with E-state index in [-0.39, 0.29) is 15.2 Å². The van der Waals surface area contributed by atoms with E-state index in [1.165, 1.54) is 23.6 Å². The van der Waals surface area contributed by atoms with Crippen LogP contribution in [0, 0.1) is 6.92 Å². The van der Waals surface area contributed by atoms with Crippen molar-refractivity contribution in [2.45, 2.75) is 51.9 Å². The molecule has 26 heavy (non-hydrogen) atoms. The minimum absolute atomic E-state index is 0.135. The molecule has 0 spiro atoms. The molecule has 2 aromatic carbocycles. The average Bonchev–Trinajstić information content (AvgIpc) is 2.64. The number of aryl methyl sites for hydroxylation is 2. The number of hydrogen-bond donors (Lipinski definition) is 3. The maximum Gasteiger partial charge on any atom is 0.111 e. The Balaban J connectivity index is 2.27. The largest absolute Gasteiger partial charge is 0.391 e. The van der Waals surface area contributed by atoms with E-state index >= 15 is 0 Å². The molecule has 4 atom stereocenters. The van der Waals surface area contributed by atoms with Gasteiger partial charge < -0.3 is 19.8 Å². The fraction of sp³-hybridized carbons (Fsp3) is 0.429. The number of aliphatic hydroxyl groups is 2. The predicted molar refractivity (Wildman–Crippen MR) is 107 cm³/mol. The van der Waals surface area contributed by atoms with Gasteiger partial charge in [0.05, 0.1) is 12.5 Å². The summed E-state index contributed by atoms with van der Waals surface area (Å²) in [5.41, 5.74) is 5.68. The van der Waals surface area contributed by atoms with Gasteiger partial charge in [-0.2, -0.15) is 0 Å². The number of ether oxygens (including phenoxy) is 1. The first kappa shape index (κ1) is 21.0. The number of benzene rings is 2. The molecule has 0 heterocycles. The summed E-state index contributed by atoms with van der Waals surface area (Å²) in [5.74, 6) is 0. The van der Waals surface area contributed by atoms with E-state index in [2.05, 4.69) is 38.1 Å². The second-order valence-corrected chi connectivity index (χ2v) is 7.26. The van der Waals surface area contributed by atoms with Crippen LogP contribution >= 0.6 is 8.81 Å². The molecule has 0 saturated carbocycles. The second-order valence-electron chi connectivity index (χ2n) is 6.65. The van der Waals surface area contributed by atoms with Crippen LogP contribution in [0.4, 0.5) is 0 Å². The molecule has 0 aliphatic carbocycles. The average molecular weight is 376 g/mol. The van der Waals surface area contributed by atoms with Gasteiger partial charge in [0, 0.05) is 8.81 Å². The summed E-state index contributed by atoms with van der Waals surface area (Å²) in [6, 6.07) is 14.6. The van der Waals surface area contributed by atoms with Gasteiger partial charge in [0.1, 0.15) is 12.2 Å². The Morgan fingerprint density at radius 2 is 1.69 bits per heavy atom. The van der Waals surface area contributed by atoms with Crippen molar-refractivity contribution in [3.8, 4) is 0 Å². The van der Waals surface area contributed by atoms with E-state index in [1.54, 1.807) is 0 Å². The van der Waals surface area contributed by atoms with Gasteiger partial charge in [-0.3, -0.25) is 0 Å². The van der Waals surface area contributed by atoms with Gasteiger partial charge in [-0.15, -0.1) is 0 Å². The molecule has 0 aliphatic heterocycles. The standard InChI is InChI=1S/C21H29O4P/c1-4-16-6-8-17(9-7-16)11-19-12-18(10-5-14(19)2)21(25-13-26-24)20(23)15(3)22/h5-10,12,15,20-24,26H,4,11,13H2,1-3H3. The van der Waals surface area contributed by atoms with E-state index < -0.39 is 18.3 Å². The summed E-state index contributed by atoms with van der Waals surface area (Å²) >= 11 is 0. The molecule has 0 aliphatic rings. The van der Waals surface area contributed by atoms with Gasteiger partial charge in [0.2, 0.25) is 0 Å². The fourth-order valence-corrected chi connectivity index (χ4v) is 3.20. The molecule has 2 aromatic rings. The number of rotatable bonds is 9. The third-order valence-corrected chi connectivity index (χ3v) is 4.96. The number of aliphatic hydroxyl groups excluding tert-OH is 2. The Kier molecular flexibility index (Phi) is 8.20. The van der Waals surface area contributed by atoms with Crippen molar-refractivity contribution in [1.82, 2.24) is 0 Å². The lowest BCUT2D eigenvalue weighted by Gasteiger charge is -2.26. The summed E-state index contributed by atoms with van der Waals surface area (Å²) in [5, 5.41) is 20.1. The Morgan fingerprint density at radius 1 is 1.04 bits per heavy atom. The molecule has 0 aromatic heterocycles. The first-order chi connectivity index (χ1) is 12.5. The van der Waals surface area contributed by atoms with Gasteiger partial charge in [0.25, 0.3) is 0 Å². The highest BCUT2D eigenvalue weighted by Gasteiger charge is 2.26. The van der Waals surface area contributed by atoms with E-state index in [1.807, 2.05) is 18.2 Å². The number of hydrogen-bond acceptors (Lipinski definition) is 4. The van der Waals surface area contributed by atoms with Crippen LogP contribution in [0.1, 0.15) is 47.8 Å². The molecule has 0 radical (unpaired) electrons. The molecule has 3 N–H and O–H groups in total. The lowest BCUT2D eigenvalue weighted by atomic mass is 9.93. The van der Waals surface area contributed by atoms with Crippen LogP contribution in [0.15, 0.2) is 42.5 Å². The van der Waals surface area contributed by atoms with Crippen molar-refractivity contribution in [2.24, 2.45) is 0 Å². The second kappa shape index (κ2) is 10.1. The minimum Gasteiger partial charge on any atom is -0.391 e. The fourth-order valence-electron chi connectivity index (χ4n) is 2.94. The van der Waals surface area contributed by atoms with Crippen molar-refractivity contribution in [1.29, 1.82) is 0 Å². The summed E-state index contributed by atoms with van der Waals surface area (Å²) in [6.07, 6.45) is -0.689. The van der Waals surface area contributed by atoms with Crippen LogP contribution in [-0.2, 0) is 17.6 Å². The zero-order chi connectivity index (χ0) is 19.1. The first-order valence-corrected chi connectivity index (χ1v) is 10.1. The van der Waals surface area contributed by atoms with Crippen LogP contribution in [0.3, 0.4) is 0 Å². The summed E-state index contributed by atoms with van der Waals surface area (Å²) in [4.78, 5) is 9.08. The Bertz CT molecular complexity index is 685. The van der Waals surface area contributed by atoms with Crippen LogP contribution in [0.25, 0.3) is 0 Å². The SMILES string of the molecule is CCc1ccc(Cc2cc(C(OCPO)C(O)C(C)O)ccc2C)cc1. The summed E-state index contributed by atoms with van der Waals surface area (Å²) < 4.78 is 5.63. The molecule has 2 rings (SSSR count). The van der Waals surface area contributed by atoms with Crippen molar-refractivity contribution in [3.63, 3.8) is 0 Å². The Hall–Kier alpha value is -1.29. The highest BCUT2D eigenvalue weighted by atomic mass is 31.1. The van der Waals surface area contributed by atoms with Gasteiger partial charge in [-0.1, -0.05) is 49.4 Å². The Morgan fingerprint density at radius 3 is 2.27 bits per heavy atom. The van der Waals surface area contributed by atoms with Gasteiger partial charge in [0.15, 0.2) is 0 Å². The van der Waals surface area contributed by atoms with E-state index in [0.717, 1.165) is 24.0 Å². The van der Waals surface area contributed by atoms with E-state index in [0.29, 0.717) is 0 Å². The summed E-state index contributed by atoms with van der Waals surface area (Å²) in [7, 11) is -0.362. The van der Waals surface area contributed by atoms with Crippen LogP contribution in [0.5, 0.6) is 0 Å². The molecule has 0 bridgehead atoms. The molecule has 4 nitrogen and oxygen atoms in total. The topological polar surface area (TPSA) is 69.9 Å². The molecular weight excluding hydrogens is 347 g/mol. The maximum atomic E-state index is 10.3. The maximum absolute atomic E-state index is 10.3. The van der Waals surface area contributed by atoms with Crippen LogP contribution < -0.4 is 0 Å². The monoisotopic (exact) mass is 376 g/mol. The minimum atomic E-state index is -1.05. The van der Waals surface area contributed by atoms with E-state index in [4.69, 9.17) is 9.63 Å². The predicted octanol–water partition coefficient (Wildman–Crippen LogP) is 3.49. The molecular formula is C21H29O4P. The molecule has 4 unspecified atom stereocenters. The van der Waals surface area contributed by atoms with Gasteiger partial charge in [-0.05, 0) is 54.5 Å². The van der Waals surface area contributed by atoms with Crippen molar-refractivity contribution >= 4 is 8.81 Å². The van der Waals surface area contributed by atoms with E-state index in [9.17, 15) is 10.2 Å². The highest BCUT2D eigenvalue weighted by molar-refractivity contribution is 7.30. The highest BCUT2D eigenvalue weighted by Crippen LogP contribution is 2.28. The first-order valence-electron chi connectivity index (χ1n) is 8.98. The molecule has 0 amide bonds. The van der Waals surface area contributed by atoms with Crippen molar-refractivity contribution in [2.75, 3.05) is 6.35 Å². The van der Waals surface area contributed by atoms with Crippen LogP contribution in [-0.4, -0.2) is 33.7 Å². The molecule has 142 valence electrons. The lowest BCUT2D eigenvalue weighted by Crippen LogP contribution is -2.31. The normalized spacial score (nSPS) is 15.3. The quantitative estimate of drug-likeness (QED) is 0.586. The summed E-state index contributed by atoms with van der Waals surface area (Å²) in [6.45, 7) is 5.74. The zero-order valence-electron chi connectivity index (χ0n) is 15.6. The Labute approximate surface area is 157 Å². The van der Waals surface area contributed by atoms with Gasteiger partial charge >= 0.3 is 0 Å². The smallest absolute Gasteiger partial charge is 0.111 e.